The van der Waals surface area contributed by atoms with Crippen molar-refractivity contribution < 1.29 is 28.5 Å². The van der Waals surface area contributed by atoms with Crippen molar-refractivity contribution in [1.29, 1.82) is 0 Å². The van der Waals surface area contributed by atoms with Crippen LogP contribution in [-0.4, -0.2) is 37.8 Å². The second kappa shape index (κ2) is 16.4. The maximum absolute atomic E-state index is 12.9. The van der Waals surface area contributed by atoms with E-state index in [0.717, 1.165) is 11.1 Å². The average molecular weight is 651 g/mol. The van der Waals surface area contributed by atoms with E-state index < -0.39 is 11.8 Å². The lowest BCUT2D eigenvalue weighted by molar-refractivity contribution is -0.118. The molecule has 2 amide bonds. The van der Waals surface area contributed by atoms with Crippen molar-refractivity contribution in [3.8, 4) is 23.0 Å². The molecule has 0 aromatic heterocycles. The van der Waals surface area contributed by atoms with Gasteiger partial charge in [-0.2, -0.15) is 5.10 Å². The van der Waals surface area contributed by atoms with Gasteiger partial charge in [-0.25, -0.2) is 5.43 Å². The fourth-order valence-corrected chi connectivity index (χ4v) is 4.53. The molecule has 11 heteroatoms. The monoisotopic (exact) mass is 649 g/mol. The van der Waals surface area contributed by atoms with Crippen LogP contribution in [0.1, 0.15) is 40.9 Å². The number of amides is 2. The summed E-state index contributed by atoms with van der Waals surface area (Å²) < 4.78 is 23.0. The number of nitrogens with zero attached hydrogens (tertiary/aromatic N) is 1. The van der Waals surface area contributed by atoms with Crippen LogP contribution in [0.5, 0.6) is 23.0 Å². The number of anilines is 1. The fraction of sp³-hybridized carbons (Fsp3) is 0.206. The van der Waals surface area contributed by atoms with E-state index >= 15 is 0 Å². The SMILES string of the molecule is CCOc1cc(C(=O)N/N=C/c2cc(Cl)c(OCC(=O)Nc3ccc(C)c(Cl)c3)c(OCC)c2)ccc1OCc1ccccc1. The van der Waals surface area contributed by atoms with E-state index in [-0.39, 0.29) is 17.4 Å². The third-order valence-corrected chi connectivity index (χ3v) is 6.95. The molecule has 0 heterocycles. The Morgan fingerprint density at radius 3 is 2.29 bits per heavy atom. The molecule has 2 N–H and O–H groups in total. The molecule has 0 radical (unpaired) electrons. The Labute approximate surface area is 272 Å². The van der Waals surface area contributed by atoms with Crippen LogP contribution in [0.3, 0.4) is 0 Å². The predicted octanol–water partition coefficient (Wildman–Crippen LogP) is 7.46. The summed E-state index contributed by atoms with van der Waals surface area (Å²) in [5.74, 6) is 0.651. The molecule has 0 saturated heterocycles. The Hall–Kier alpha value is -4.73. The lowest BCUT2D eigenvalue weighted by atomic mass is 10.2. The summed E-state index contributed by atoms with van der Waals surface area (Å²) >= 11 is 12.6. The Kier molecular flexibility index (Phi) is 12.1. The standard InChI is InChI=1S/C34H33Cl2N3O6/c1-4-42-30-17-25(12-14-29(30)44-20-23-9-7-6-8-10-23)34(41)39-37-19-24-15-28(36)33(31(16-24)43-5-2)45-21-32(40)38-26-13-11-22(3)27(35)18-26/h6-19H,4-5,20-21H2,1-3H3,(H,38,40)(H,39,41)/b37-19+. The number of ether oxygens (including phenoxy) is 4. The van der Waals surface area contributed by atoms with E-state index in [1.165, 1.54) is 6.21 Å². The van der Waals surface area contributed by atoms with Gasteiger partial charge in [0.1, 0.15) is 6.61 Å². The molecule has 9 nitrogen and oxygen atoms in total. The molecule has 0 aliphatic rings. The van der Waals surface area contributed by atoms with Gasteiger partial charge in [-0.3, -0.25) is 9.59 Å². The first-order valence-corrected chi connectivity index (χ1v) is 14.9. The third-order valence-electron chi connectivity index (χ3n) is 6.26. The van der Waals surface area contributed by atoms with Crippen molar-refractivity contribution in [2.45, 2.75) is 27.4 Å². The molecule has 4 aromatic carbocycles. The van der Waals surface area contributed by atoms with Gasteiger partial charge in [0, 0.05) is 16.3 Å². The second-order valence-corrected chi connectivity index (χ2v) is 10.4. The minimum Gasteiger partial charge on any atom is -0.490 e. The average Bonchev–Trinajstić information content (AvgIpc) is 3.02. The largest absolute Gasteiger partial charge is 0.490 e. The summed E-state index contributed by atoms with van der Waals surface area (Å²) in [6.07, 6.45) is 1.42. The van der Waals surface area contributed by atoms with Gasteiger partial charge in [0.25, 0.3) is 11.8 Å². The highest BCUT2D eigenvalue weighted by Crippen LogP contribution is 2.36. The lowest BCUT2D eigenvalue weighted by Gasteiger charge is -2.14. The van der Waals surface area contributed by atoms with Crippen molar-refractivity contribution in [2.24, 2.45) is 5.10 Å². The molecule has 0 spiro atoms. The van der Waals surface area contributed by atoms with Gasteiger partial charge in [0.05, 0.1) is 24.5 Å². The number of halogens is 2. The first-order chi connectivity index (χ1) is 21.8. The minimum atomic E-state index is -0.446. The topological polar surface area (TPSA) is 107 Å². The zero-order chi connectivity index (χ0) is 32.2. The van der Waals surface area contributed by atoms with Crippen LogP contribution in [0.4, 0.5) is 5.69 Å². The molecule has 45 heavy (non-hydrogen) atoms. The fourth-order valence-electron chi connectivity index (χ4n) is 4.07. The summed E-state index contributed by atoms with van der Waals surface area (Å²) in [4.78, 5) is 25.3. The first kappa shape index (κ1) is 33.2. The van der Waals surface area contributed by atoms with E-state index in [1.807, 2.05) is 50.2 Å². The second-order valence-electron chi connectivity index (χ2n) is 9.63. The van der Waals surface area contributed by atoms with Crippen molar-refractivity contribution in [1.82, 2.24) is 5.43 Å². The molecule has 0 atom stereocenters. The lowest BCUT2D eigenvalue weighted by Crippen LogP contribution is -2.20. The van der Waals surface area contributed by atoms with Crippen LogP contribution >= 0.6 is 23.2 Å². The summed E-state index contributed by atoms with van der Waals surface area (Å²) in [6, 6.07) is 23.1. The quantitative estimate of drug-likeness (QED) is 0.108. The van der Waals surface area contributed by atoms with Crippen LogP contribution in [0.2, 0.25) is 10.0 Å². The van der Waals surface area contributed by atoms with Gasteiger partial charge < -0.3 is 24.3 Å². The number of hydrogen-bond acceptors (Lipinski definition) is 7. The summed E-state index contributed by atoms with van der Waals surface area (Å²) in [7, 11) is 0. The predicted molar refractivity (Wildman–Crippen MR) is 176 cm³/mol. The zero-order valence-electron chi connectivity index (χ0n) is 25.1. The minimum absolute atomic E-state index is 0.201. The Bertz CT molecular complexity index is 1660. The molecule has 234 valence electrons. The van der Waals surface area contributed by atoms with E-state index in [0.29, 0.717) is 58.9 Å². The van der Waals surface area contributed by atoms with Gasteiger partial charge in [-0.1, -0.05) is 59.6 Å². The number of rotatable bonds is 14. The number of hydrogen-bond donors (Lipinski definition) is 2. The summed E-state index contributed by atoms with van der Waals surface area (Å²) in [6.45, 7) is 6.31. The van der Waals surface area contributed by atoms with E-state index in [9.17, 15) is 9.59 Å². The number of hydrazone groups is 1. The molecule has 4 rings (SSSR count). The molecule has 0 unspecified atom stereocenters. The van der Waals surface area contributed by atoms with Crippen molar-refractivity contribution in [2.75, 3.05) is 25.1 Å². The number of aryl methyl sites for hydroxylation is 1. The summed E-state index contributed by atoms with van der Waals surface area (Å²) in [5.41, 5.74) is 5.84. The molecule has 0 fully saturated rings. The number of nitrogens with one attached hydrogen (secondary N) is 2. The number of benzene rings is 4. The van der Waals surface area contributed by atoms with Gasteiger partial charge in [0.2, 0.25) is 0 Å². The van der Waals surface area contributed by atoms with Crippen molar-refractivity contribution in [3.05, 3.63) is 111 Å². The highest BCUT2D eigenvalue weighted by atomic mass is 35.5. The smallest absolute Gasteiger partial charge is 0.271 e. The van der Waals surface area contributed by atoms with Crippen molar-refractivity contribution in [3.63, 3.8) is 0 Å². The Balaban J connectivity index is 1.39. The molecular weight excluding hydrogens is 617 g/mol. The highest BCUT2D eigenvalue weighted by molar-refractivity contribution is 6.32. The molecule has 0 aliphatic heterocycles. The van der Waals surface area contributed by atoms with Crippen LogP contribution in [0.25, 0.3) is 0 Å². The van der Waals surface area contributed by atoms with Crippen LogP contribution < -0.4 is 29.7 Å². The first-order valence-electron chi connectivity index (χ1n) is 14.2. The molecule has 0 saturated carbocycles. The van der Waals surface area contributed by atoms with E-state index in [2.05, 4.69) is 15.8 Å². The van der Waals surface area contributed by atoms with Gasteiger partial charge in [-0.05, 0) is 79.9 Å². The zero-order valence-corrected chi connectivity index (χ0v) is 26.6. The number of carbonyl (C=O) groups excluding carboxylic acids is 2. The van der Waals surface area contributed by atoms with Gasteiger partial charge >= 0.3 is 0 Å². The van der Waals surface area contributed by atoms with Crippen LogP contribution in [-0.2, 0) is 11.4 Å². The van der Waals surface area contributed by atoms with Gasteiger partial charge in [0.15, 0.2) is 29.6 Å². The number of carbonyl (C=O) groups is 2. The maximum atomic E-state index is 12.9. The van der Waals surface area contributed by atoms with Crippen LogP contribution in [0, 0.1) is 6.92 Å². The van der Waals surface area contributed by atoms with Crippen molar-refractivity contribution >= 4 is 46.9 Å². The van der Waals surface area contributed by atoms with Crippen LogP contribution in [0.15, 0.2) is 84.0 Å². The Morgan fingerprint density at radius 1 is 0.800 bits per heavy atom. The van der Waals surface area contributed by atoms with E-state index in [1.54, 1.807) is 49.4 Å². The molecule has 4 aromatic rings. The maximum Gasteiger partial charge on any atom is 0.271 e. The Morgan fingerprint density at radius 2 is 1.56 bits per heavy atom. The van der Waals surface area contributed by atoms with Gasteiger partial charge in [-0.15, -0.1) is 0 Å². The highest BCUT2D eigenvalue weighted by Gasteiger charge is 2.15. The normalized spacial score (nSPS) is 10.8. The van der Waals surface area contributed by atoms with E-state index in [4.69, 9.17) is 42.1 Å². The molecular formula is C34H33Cl2N3O6. The molecule has 0 bridgehead atoms. The third kappa shape index (κ3) is 9.63. The summed E-state index contributed by atoms with van der Waals surface area (Å²) in [5, 5.41) is 7.55. The molecule has 0 aliphatic carbocycles.